The van der Waals surface area contributed by atoms with Crippen LogP contribution in [0.3, 0.4) is 0 Å². The Morgan fingerprint density at radius 2 is 2.14 bits per heavy atom. The van der Waals surface area contributed by atoms with Crippen LogP contribution in [0.4, 0.5) is 4.39 Å². The fourth-order valence-corrected chi connectivity index (χ4v) is 1.59. The van der Waals surface area contributed by atoms with Crippen molar-refractivity contribution < 1.29 is 4.39 Å². The molecule has 0 amide bonds. The van der Waals surface area contributed by atoms with E-state index in [1.165, 1.54) is 0 Å². The molecule has 0 saturated carbocycles. The minimum Gasteiger partial charge on any atom is -0.319 e. The number of rotatable bonds is 4. The van der Waals surface area contributed by atoms with E-state index in [9.17, 15) is 4.39 Å². The van der Waals surface area contributed by atoms with E-state index in [4.69, 9.17) is 0 Å². The van der Waals surface area contributed by atoms with Gasteiger partial charge in [-0.25, -0.2) is 4.39 Å². The minimum absolute atomic E-state index is 0.0980. The van der Waals surface area contributed by atoms with Crippen LogP contribution in [0.5, 0.6) is 0 Å². The first-order valence-corrected chi connectivity index (χ1v) is 5.03. The van der Waals surface area contributed by atoms with Gasteiger partial charge in [0.25, 0.3) is 0 Å². The normalized spacial score (nSPS) is 12.9. The Morgan fingerprint density at radius 1 is 1.43 bits per heavy atom. The molecular formula is C12H18FN. The zero-order chi connectivity index (χ0) is 10.6. The van der Waals surface area contributed by atoms with Crippen LogP contribution in [0.2, 0.25) is 0 Å². The van der Waals surface area contributed by atoms with Gasteiger partial charge in [-0.3, -0.25) is 0 Å². The van der Waals surface area contributed by atoms with Gasteiger partial charge in [0.15, 0.2) is 0 Å². The molecule has 0 aliphatic heterocycles. The molecule has 1 unspecified atom stereocenters. The Kier molecular flexibility index (Phi) is 4.08. The number of aryl methyl sites for hydroxylation is 1. The van der Waals surface area contributed by atoms with Crippen LogP contribution < -0.4 is 5.32 Å². The van der Waals surface area contributed by atoms with E-state index in [-0.39, 0.29) is 5.82 Å². The van der Waals surface area contributed by atoms with Gasteiger partial charge in [0.05, 0.1) is 0 Å². The zero-order valence-electron chi connectivity index (χ0n) is 9.10. The highest BCUT2D eigenvalue weighted by molar-refractivity contribution is 5.23. The van der Waals surface area contributed by atoms with Crippen LogP contribution in [0.15, 0.2) is 18.2 Å². The van der Waals surface area contributed by atoms with Crippen molar-refractivity contribution in [2.45, 2.75) is 20.3 Å². The number of nitrogens with one attached hydrogen (secondary N) is 1. The molecule has 14 heavy (non-hydrogen) atoms. The van der Waals surface area contributed by atoms with Crippen LogP contribution in [-0.4, -0.2) is 13.6 Å². The van der Waals surface area contributed by atoms with Crippen molar-refractivity contribution in [1.82, 2.24) is 5.32 Å². The first kappa shape index (κ1) is 11.2. The number of hydrogen-bond acceptors (Lipinski definition) is 1. The molecule has 0 spiro atoms. The van der Waals surface area contributed by atoms with Gasteiger partial charge in [-0.1, -0.05) is 19.1 Å². The molecule has 1 atom stereocenters. The van der Waals surface area contributed by atoms with E-state index >= 15 is 0 Å². The summed E-state index contributed by atoms with van der Waals surface area (Å²) >= 11 is 0. The van der Waals surface area contributed by atoms with Crippen LogP contribution in [-0.2, 0) is 6.42 Å². The van der Waals surface area contributed by atoms with E-state index in [1.54, 1.807) is 13.0 Å². The van der Waals surface area contributed by atoms with Crippen LogP contribution in [0, 0.1) is 18.7 Å². The van der Waals surface area contributed by atoms with Gasteiger partial charge in [0, 0.05) is 0 Å². The number of hydrogen-bond donors (Lipinski definition) is 1. The molecule has 1 nitrogen and oxygen atoms in total. The maximum atomic E-state index is 13.2. The van der Waals surface area contributed by atoms with Crippen LogP contribution in [0.25, 0.3) is 0 Å². The van der Waals surface area contributed by atoms with Crippen molar-refractivity contribution in [2.75, 3.05) is 13.6 Å². The third-order valence-electron chi connectivity index (χ3n) is 2.37. The second-order valence-corrected chi connectivity index (χ2v) is 3.95. The summed E-state index contributed by atoms with van der Waals surface area (Å²) in [6.07, 6.45) is 0.929. The van der Waals surface area contributed by atoms with Crippen molar-refractivity contribution in [3.63, 3.8) is 0 Å². The van der Waals surface area contributed by atoms with Crippen LogP contribution in [0.1, 0.15) is 18.1 Å². The van der Waals surface area contributed by atoms with E-state index in [0.717, 1.165) is 24.1 Å². The maximum Gasteiger partial charge on any atom is 0.126 e. The van der Waals surface area contributed by atoms with Crippen molar-refractivity contribution in [3.8, 4) is 0 Å². The number of halogens is 1. The molecule has 0 heterocycles. The largest absolute Gasteiger partial charge is 0.319 e. The Morgan fingerprint density at radius 3 is 2.71 bits per heavy atom. The first-order valence-electron chi connectivity index (χ1n) is 5.03. The SMILES string of the molecule is CNCC(C)Cc1ccc(C)c(F)c1. The highest BCUT2D eigenvalue weighted by Gasteiger charge is 2.04. The van der Waals surface area contributed by atoms with Crippen molar-refractivity contribution >= 4 is 0 Å². The minimum atomic E-state index is -0.0980. The fraction of sp³-hybridized carbons (Fsp3) is 0.500. The number of benzene rings is 1. The Bertz CT molecular complexity index is 296. The molecule has 0 aliphatic carbocycles. The molecule has 0 bridgehead atoms. The molecule has 0 aliphatic rings. The summed E-state index contributed by atoms with van der Waals surface area (Å²) in [5, 5.41) is 3.12. The van der Waals surface area contributed by atoms with Gasteiger partial charge >= 0.3 is 0 Å². The average molecular weight is 195 g/mol. The Balaban J connectivity index is 2.63. The topological polar surface area (TPSA) is 12.0 Å². The van der Waals surface area contributed by atoms with E-state index in [2.05, 4.69) is 12.2 Å². The lowest BCUT2D eigenvalue weighted by atomic mass is 10.00. The second kappa shape index (κ2) is 5.11. The molecule has 0 radical (unpaired) electrons. The van der Waals surface area contributed by atoms with Gasteiger partial charge in [0.1, 0.15) is 5.82 Å². The molecular weight excluding hydrogens is 177 g/mol. The monoisotopic (exact) mass is 195 g/mol. The van der Waals surface area contributed by atoms with E-state index < -0.39 is 0 Å². The molecule has 1 N–H and O–H groups in total. The summed E-state index contributed by atoms with van der Waals surface area (Å²) < 4.78 is 13.2. The molecule has 1 rings (SSSR count). The van der Waals surface area contributed by atoms with Gasteiger partial charge in [-0.15, -0.1) is 0 Å². The van der Waals surface area contributed by atoms with Gasteiger partial charge in [0.2, 0.25) is 0 Å². The molecule has 1 aromatic rings. The third-order valence-corrected chi connectivity index (χ3v) is 2.37. The highest BCUT2D eigenvalue weighted by atomic mass is 19.1. The molecule has 1 aromatic carbocycles. The lowest BCUT2D eigenvalue weighted by molar-refractivity contribution is 0.538. The molecule has 78 valence electrons. The van der Waals surface area contributed by atoms with Gasteiger partial charge < -0.3 is 5.32 Å². The summed E-state index contributed by atoms with van der Waals surface area (Å²) in [5.41, 5.74) is 1.80. The van der Waals surface area contributed by atoms with E-state index in [0.29, 0.717) is 5.92 Å². The van der Waals surface area contributed by atoms with Crippen molar-refractivity contribution in [2.24, 2.45) is 5.92 Å². The quantitative estimate of drug-likeness (QED) is 0.778. The molecule has 0 fully saturated rings. The molecule has 0 saturated heterocycles. The standard InChI is InChI=1S/C12H18FN/c1-9(8-14-3)6-11-5-4-10(2)12(13)7-11/h4-5,7,9,14H,6,8H2,1-3H3. The second-order valence-electron chi connectivity index (χ2n) is 3.95. The lowest BCUT2D eigenvalue weighted by Gasteiger charge is -2.10. The Hall–Kier alpha value is -0.890. The lowest BCUT2D eigenvalue weighted by Crippen LogP contribution is -2.18. The third kappa shape index (κ3) is 3.11. The van der Waals surface area contributed by atoms with Crippen molar-refractivity contribution in [3.05, 3.63) is 35.1 Å². The predicted octanol–water partition coefficient (Wildman–Crippen LogP) is 2.53. The molecule has 2 heteroatoms. The van der Waals surface area contributed by atoms with Crippen molar-refractivity contribution in [1.29, 1.82) is 0 Å². The zero-order valence-corrected chi connectivity index (χ0v) is 9.10. The van der Waals surface area contributed by atoms with Gasteiger partial charge in [-0.05, 0) is 50.0 Å². The summed E-state index contributed by atoms with van der Waals surface area (Å²) in [7, 11) is 1.94. The van der Waals surface area contributed by atoms with Crippen LogP contribution >= 0.6 is 0 Å². The van der Waals surface area contributed by atoms with Gasteiger partial charge in [-0.2, -0.15) is 0 Å². The summed E-state index contributed by atoms with van der Waals surface area (Å²) in [4.78, 5) is 0. The average Bonchev–Trinajstić information content (AvgIpc) is 2.12. The highest BCUT2D eigenvalue weighted by Crippen LogP contribution is 2.12. The first-order chi connectivity index (χ1) is 6.63. The summed E-state index contributed by atoms with van der Waals surface area (Å²) in [6, 6.07) is 5.49. The Labute approximate surface area is 85.3 Å². The fourth-order valence-electron chi connectivity index (χ4n) is 1.59. The predicted molar refractivity (Wildman–Crippen MR) is 57.9 cm³/mol. The summed E-state index contributed by atoms with van der Waals surface area (Å²) in [5.74, 6) is 0.446. The smallest absolute Gasteiger partial charge is 0.126 e. The van der Waals surface area contributed by atoms with E-state index in [1.807, 2.05) is 19.2 Å². The summed E-state index contributed by atoms with van der Waals surface area (Å²) in [6.45, 7) is 4.92. The molecule has 0 aromatic heterocycles. The maximum absolute atomic E-state index is 13.2.